The van der Waals surface area contributed by atoms with Crippen molar-refractivity contribution in [2.75, 3.05) is 14.2 Å². The van der Waals surface area contributed by atoms with E-state index in [0.29, 0.717) is 0 Å². The molecule has 74 valence electrons. The molecule has 0 saturated carbocycles. The number of ether oxygens (including phenoxy) is 2. The molecule has 0 aliphatic heterocycles. The van der Waals surface area contributed by atoms with Crippen molar-refractivity contribution in [3.8, 4) is 11.5 Å². The van der Waals surface area contributed by atoms with E-state index in [1.54, 1.807) is 20.3 Å². The van der Waals surface area contributed by atoms with Gasteiger partial charge in [0.2, 0.25) is 0 Å². The van der Waals surface area contributed by atoms with Gasteiger partial charge in [-0.3, -0.25) is 0 Å². The van der Waals surface area contributed by atoms with Gasteiger partial charge in [-0.15, -0.1) is 0 Å². The number of hydrogen-bond acceptors (Lipinski definition) is 2. The number of hydrogen-bond donors (Lipinski definition) is 0. The van der Waals surface area contributed by atoms with E-state index >= 15 is 0 Å². The lowest BCUT2D eigenvalue weighted by atomic mass is 10.1. The van der Waals surface area contributed by atoms with E-state index in [1.807, 2.05) is 30.4 Å². The summed E-state index contributed by atoms with van der Waals surface area (Å²) in [5.74, 6) is 1.48. The lowest BCUT2D eigenvalue weighted by Crippen LogP contribution is -1.92. The molecular formula is C12H14O2. The molecule has 0 atom stereocenters. The van der Waals surface area contributed by atoms with Crippen molar-refractivity contribution < 1.29 is 9.47 Å². The topological polar surface area (TPSA) is 18.5 Å². The van der Waals surface area contributed by atoms with Crippen LogP contribution in [-0.4, -0.2) is 14.2 Å². The molecule has 0 aliphatic carbocycles. The maximum atomic E-state index is 5.25. The smallest absolute Gasteiger partial charge is 0.167 e. The van der Waals surface area contributed by atoms with E-state index in [-0.39, 0.29) is 0 Å². The van der Waals surface area contributed by atoms with Crippen molar-refractivity contribution in [1.82, 2.24) is 0 Å². The fourth-order valence-electron chi connectivity index (χ4n) is 1.21. The normalized spacial score (nSPS) is 10.1. The standard InChI is InChI=1S/C12H14O2/c1-4-5-7-10-8-6-9-11(13-2)12(10)14-3/h4-9H,1H2,2-3H3. The van der Waals surface area contributed by atoms with Gasteiger partial charge < -0.3 is 9.47 Å². The molecule has 0 unspecified atom stereocenters. The Kier molecular flexibility index (Phi) is 3.80. The first-order valence-corrected chi connectivity index (χ1v) is 4.33. The third kappa shape index (κ3) is 2.16. The Hall–Kier alpha value is -1.70. The van der Waals surface area contributed by atoms with Gasteiger partial charge >= 0.3 is 0 Å². The number of para-hydroxylation sites is 1. The SMILES string of the molecule is C=CC=Cc1cccc(OC)c1OC. The van der Waals surface area contributed by atoms with E-state index in [2.05, 4.69) is 6.58 Å². The molecule has 0 N–H and O–H groups in total. The first kappa shape index (κ1) is 10.4. The summed E-state index contributed by atoms with van der Waals surface area (Å²) in [7, 11) is 3.25. The molecule has 0 bridgehead atoms. The van der Waals surface area contributed by atoms with Crippen LogP contribution in [0.2, 0.25) is 0 Å². The molecule has 0 aromatic heterocycles. The van der Waals surface area contributed by atoms with E-state index in [4.69, 9.17) is 9.47 Å². The Morgan fingerprint density at radius 2 is 2.00 bits per heavy atom. The van der Waals surface area contributed by atoms with Crippen molar-refractivity contribution in [2.24, 2.45) is 0 Å². The summed E-state index contributed by atoms with van der Waals surface area (Å²) in [6.45, 7) is 3.61. The summed E-state index contributed by atoms with van der Waals surface area (Å²) in [4.78, 5) is 0. The van der Waals surface area contributed by atoms with Crippen LogP contribution in [0, 0.1) is 0 Å². The third-order valence-corrected chi connectivity index (χ3v) is 1.85. The van der Waals surface area contributed by atoms with Crippen LogP contribution >= 0.6 is 0 Å². The molecule has 1 rings (SSSR count). The van der Waals surface area contributed by atoms with Gasteiger partial charge in [0, 0.05) is 5.56 Å². The first-order chi connectivity index (χ1) is 6.83. The van der Waals surface area contributed by atoms with E-state index < -0.39 is 0 Å². The van der Waals surface area contributed by atoms with Gasteiger partial charge in [-0.05, 0) is 6.07 Å². The van der Waals surface area contributed by atoms with Crippen LogP contribution in [-0.2, 0) is 0 Å². The highest BCUT2D eigenvalue weighted by Crippen LogP contribution is 2.31. The van der Waals surface area contributed by atoms with Gasteiger partial charge in [0.05, 0.1) is 14.2 Å². The molecule has 0 spiro atoms. The summed E-state index contributed by atoms with van der Waals surface area (Å²) < 4.78 is 10.4. The number of allylic oxidation sites excluding steroid dienone is 2. The highest BCUT2D eigenvalue weighted by molar-refractivity contribution is 5.63. The highest BCUT2D eigenvalue weighted by Gasteiger charge is 2.05. The zero-order valence-electron chi connectivity index (χ0n) is 8.49. The van der Waals surface area contributed by atoms with Crippen LogP contribution in [0.5, 0.6) is 11.5 Å². The van der Waals surface area contributed by atoms with Crippen molar-refractivity contribution in [1.29, 1.82) is 0 Å². The van der Waals surface area contributed by atoms with Crippen LogP contribution in [0.3, 0.4) is 0 Å². The molecule has 0 amide bonds. The minimum absolute atomic E-state index is 0.735. The highest BCUT2D eigenvalue weighted by atomic mass is 16.5. The largest absolute Gasteiger partial charge is 0.493 e. The molecule has 2 nitrogen and oxygen atoms in total. The average molecular weight is 190 g/mol. The van der Waals surface area contributed by atoms with Crippen molar-refractivity contribution in [3.05, 3.63) is 42.5 Å². The summed E-state index contributed by atoms with van der Waals surface area (Å²) in [6, 6.07) is 5.75. The third-order valence-electron chi connectivity index (χ3n) is 1.85. The molecule has 14 heavy (non-hydrogen) atoms. The zero-order valence-corrected chi connectivity index (χ0v) is 8.49. The quantitative estimate of drug-likeness (QED) is 0.680. The monoisotopic (exact) mass is 190 g/mol. The summed E-state index contributed by atoms with van der Waals surface area (Å²) >= 11 is 0. The predicted molar refractivity (Wildman–Crippen MR) is 58.8 cm³/mol. The molecule has 0 heterocycles. The molecule has 2 heteroatoms. The molecule has 0 fully saturated rings. The van der Waals surface area contributed by atoms with Crippen molar-refractivity contribution in [2.45, 2.75) is 0 Å². The lowest BCUT2D eigenvalue weighted by molar-refractivity contribution is 0.354. The van der Waals surface area contributed by atoms with Gasteiger partial charge in [-0.2, -0.15) is 0 Å². The molecule has 1 aromatic rings. The van der Waals surface area contributed by atoms with Crippen LogP contribution in [0.4, 0.5) is 0 Å². The maximum Gasteiger partial charge on any atom is 0.167 e. The van der Waals surface area contributed by atoms with E-state index in [1.165, 1.54) is 0 Å². The summed E-state index contributed by atoms with van der Waals surface area (Å²) in [5, 5.41) is 0. The fraction of sp³-hybridized carbons (Fsp3) is 0.167. The van der Waals surface area contributed by atoms with Crippen LogP contribution in [0.15, 0.2) is 36.9 Å². The van der Waals surface area contributed by atoms with Crippen molar-refractivity contribution in [3.63, 3.8) is 0 Å². The second-order valence-corrected chi connectivity index (χ2v) is 2.68. The molecule has 0 saturated heterocycles. The second-order valence-electron chi connectivity index (χ2n) is 2.68. The van der Waals surface area contributed by atoms with Gasteiger partial charge in [0.1, 0.15) is 0 Å². The first-order valence-electron chi connectivity index (χ1n) is 4.33. The van der Waals surface area contributed by atoms with Crippen LogP contribution in [0.25, 0.3) is 6.08 Å². The Morgan fingerprint density at radius 3 is 2.57 bits per heavy atom. The Morgan fingerprint density at radius 1 is 1.21 bits per heavy atom. The van der Waals surface area contributed by atoms with E-state index in [0.717, 1.165) is 17.1 Å². The number of benzene rings is 1. The van der Waals surface area contributed by atoms with Crippen molar-refractivity contribution >= 4 is 6.08 Å². The second kappa shape index (κ2) is 5.12. The Balaban J connectivity index is 3.14. The van der Waals surface area contributed by atoms with E-state index in [9.17, 15) is 0 Å². The maximum absolute atomic E-state index is 5.25. The Labute approximate surface area is 84.5 Å². The number of rotatable bonds is 4. The van der Waals surface area contributed by atoms with Gasteiger partial charge in [-0.25, -0.2) is 0 Å². The lowest BCUT2D eigenvalue weighted by Gasteiger charge is -2.09. The van der Waals surface area contributed by atoms with Gasteiger partial charge in [0.25, 0.3) is 0 Å². The van der Waals surface area contributed by atoms with Crippen LogP contribution in [0.1, 0.15) is 5.56 Å². The fourth-order valence-corrected chi connectivity index (χ4v) is 1.21. The molecule has 1 aromatic carbocycles. The Bertz CT molecular complexity index is 340. The predicted octanol–water partition coefficient (Wildman–Crippen LogP) is 2.90. The number of methoxy groups -OCH3 is 2. The summed E-state index contributed by atoms with van der Waals surface area (Å²) in [6.07, 6.45) is 5.50. The minimum Gasteiger partial charge on any atom is -0.493 e. The minimum atomic E-state index is 0.735. The summed E-state index contributed by atoms with van der Waals surface area (Å²) in [5.41, 5.74) is 0.978. The van der Waals surface area contributed by atoms with Gasteiger partial charge in [0.15, 0.2) is 11.5 Å². The molecule has 0 aliphatic rings. The van der Waals surface area contributed by atoms with Crippen LogP contribution < -0.4 is 9.47 Å². The zero-order chi connectivity index (χ0) is 10.4. The molecule has 0 radical (unpaired) electrons. The average Bonchev–Trinajstić information content (AvgIpc) is 2.25. The molecular weight excluding hydrogens is 176 g/mol. The van der Waals surface area contributed by atoms with Gasteiger partial charge in [-0.1, -0.05) is 36.9 Å².